The van der Waals surface area contributed by atoms with Crippen LogP contribution in [0, 0.1) is 17.3 Å². The summed E-state index contributed by atoms with van der Waals surface area (Å²) in [6.45, 7) is 8.11. The third kappa shape index (κ3) is 7.87. The van der Waals surface area contributed by atoms with E-state index in [1.54, 1.807) is 15.8 Å². The molecule has 2 aliphatic heterocycles. The van der Waals surface area contributed by atoms with Crippen LogP contribution in [0.1, 0.15) is 82.6 Å². The Hall–Kier alpha value is -3.75. The number of carbonyl (C=O) groups excluding carboxylic acids is 2. The summed E-state index contributed by atoms with van der Waals surface area (Å²) in [4.78, 5) is 31.4. The molecule has 3 aliphatic rings. The van der Waals surface area contributed by atoms with Gasteiger partial charge in [0.2, 0.25) is 11.8 Å². The number of aliphatic hydroxyl groups excluding tert-OH is 2. The molecule has 1 aliphatic carbocycles. The van der Waals surface area contributed by atoms with Gasteiger partial charge >= 0.3 is 0 Å². The number of carbonyl (C=O) groups is 2. The van der Waals surface area contributed by atoms with Crippen molar-refractivity contribution in [1.82, 2.24) is 39.9 Å². The maximum atomic E-state index is 14.1. The number of amides is 2. The van der Waals surface area contributed by atoms with Crippen molar-refractivity contribution >= 4 is 11.8 Å². The fourth-order valence-corrected chi connectivity index (χ4v) is 7.95. The van der Waals surface area contributed by atoms with E-state index in [9.17, 15) is 28.6 Å². The van der Waals surface area contributed by atoms with Crippen molar-refractivity contribution in [3.63, 3.8) is 0 Å². The Morgan fingerprint density at radius 3 is 2.41 bits per heavy atom. The van der Waals surface area contributed by atoms with Crippen LogP contribution in [0.4, 0.5) is 8.78 Å². The molecule has 2 amide bonds. The zero-order valence-corrected chi connectivity index (χ0v) is 29.9. The summed E-state index contributed by atoms with van der Waals surface area (Å²) >= 11 is 0. The van der Waals surface area contributed by atoms with Crippen molar-refractivity contribution in [1.29, 1.82) is 0 Å². The number of nitrogens with one attached hydrogen (secondary N) is 1. The molecule has 0 radical (unpaired) electrons. The zero-order chi connectivity index (χ0) is 36.3. The summed E-state index contributed by atoms with van der Waals surface area (Å²) in [5.41, 5.74) is 2.27. The Morgan fingerprint density at radius 2 is 1.78 bits per heavy atom. The molecule has 1 aromatic carbocycles. The first kappa shape index (κ1) is 37.0. The molecule has 3 fully saturated rings. The van der Waals surface area contributed by atoms with Crippen molar-refractivity contribution in [3.05, 3.63) is 54.0 Å². The van der Waals surface area contributed by atoms with Crippen LogP contribution < -0.4 is 5.32 Å². The van der Waals surface area contributed by atoms with E-state index >= 15 is 0 Å². The van der Waals surface area contributed by atoms with Crippen LogP contribution in [0.5, 0.6) is 0 Å². The van der Waals surface area contributed by atoms with E-state index in [0.717, 1.165) is 61.4 Å². The van der Waals surface area contributed by atoms with Crippen LogP contribution in [0.25, 0.3) is 11.3 Å². The molecule has 1 saturated carbocycles. The van der Waals surface area contributed by atoms with Crippen LogP contribution >= 0.6 is 0 Å². The molecule has 4 heterocycles. The van der Waals surface area contributed by atoms with Gasteiger partial charge in [0, 0.05) is 38.4 Å². The quantitative estimate of drug-likeness (QED) is 0.216. The van der Waals surface area contributed by atoms with Gasteiger partial charge in [-0.15, -0.1) is 5.10 Å². The van der Waals surface area contributed by atoms with Gasteiger partial charge in [0.05, 0.1) is 36.1 Å². The minimum atomic E-state index is -2.76. The molecule has 2 saturated heterocycles. The van der Waals surface area contributed by atoms with Gasteiger partial charge in [-0.2, -0.15) is 5.10 Å². The third-order valence-electron chi connectivity index (χ3n) is 11.2. The normalized spacial score (nSPS) is 23.5. The number of alkyl halides is 2. The first-order chi connectivity index (χ1) is 24.5. The molecule has 2 aromatic heterocycles. The van der Waals surface area contributed by atoms with Crippen LogP contribution in [-0.2, 0) is 22.6 Å². The highest BCUT2D eigenvalue weighted by molar-refractivity contribution is 5.90. The van der Waals surface area contributed by atoms with Gasteiger partial charge < -0.3 is 25.3 Å². The number of halogens is 2. The number of piperidine rings is 1. The number of likely N-dealkylation sites (tertiary alicyclic amines) is 2. The fraction of sp³-hybridized carbons (Fsp3) is 0.649. The van der Waals surface area contributed by atoms with Gasteiger partial charge in [0.1, 0.15) is 12.1 Å². The maximum Gasteiger partial charge on any atom is 0.258 e. The second-order valence-electron chi connectivity index (χ2n) is 15.0. The lowest BCUT2D eigenvalue weighted by Crippen LogP contribution is -2.50. The Labute approximate surface area is 298 Å². The molecule has 278 valence electrons. The topological polar surface area (TPSA) is 142 Å². The summed E-state index contributed by atoms with van der Waals surface area (Å²) in [6, 6.07) is 7.75. The van der Waals surface area contributed by atoms with Gasteiger partial charge in [-0.3, -0.25) is 14.3 Å². The van der Waals surface area contributed by atoms with Crippen molar-refractivity contribution in [2.75, 3.05) is 39.4 Å². The second kappa shape index (κ2) is 15.5. The Balaban J connectivity index is 1.03. The number of aryl methyl sites for hydroxylation is 2. The number of hydrogen-bond acceptors (Lipinski definition) is 8. The highest BCUT2D eigenvalue weighted by Crippen LogP contribution is 2.60. The van der Waals surface area contributed by atoms with Gasteiger partial charge in [-0.05, 0) is 87.6 Å². The highest BCUT2D eigenvalue weighted by atomic mass is 19.3. The second-order valence-corrected chi connectivity index (χ2v) is 15.0. The van der Waals surface area contributed by atoms with Gasteiger partial charge in [-0.1, -0.05) is 43.3 Å². The van der Waals surface area contributed by atoms with E-state index in [-0.39, 0.29) is 37.3 Å². The molecule has 3 aromatic rings. The number of hydrogen-bond donors (Lipinski definition) is 3. The van der Waals surface area contributed by atoms with Crippen molar-refractivity contribution < 1.29 is 28.6 Å². The van der Waals surface area contributed by atoms with Crippen LogP contribution in [0.3, 0.4) is 0 Å². The highest BCUT2D eigenvalue weighted by Gasteiger charge is 2.71. The minimum Gasteiger partial charge on any atom is -0.396 e. The molecule has 6 rings (SSSR count). The molecule has 0 bridgehead atoms. The number of rotatable bonds is 15. The SMILES string of the molecule is CCn1nccc1-c1ccc(C(CO)NC(=O)C2CCCN2C(=O)C(C(C)C)n2cc(CCC3CCN(C[C@@]4(CO)CC4(F)F)CC3)nn2)cc1. The molecule has 12 nitrogen and oxygen atoms in total. The number of benzene rings is 1. The first-order valence-corrected chi connectivity index (χ1v) is 18.4. The minimum absolute atomic E-state index is 0.102. The van der Waals surface area contributed by atoms with Crippen LogP contribution in [-0.4, -0.2) is 108 Å². The fourth-order valence-electron chi connectivity index (χ4n) is 7.95. The van der Waals surface area contributed by atoms with E-state index < -0.39 is 36.1 Å². The smallest absolute Gasteiger partial charge is 0.258 e. The van der Waals surface area contributed by atoms with Crippen molar-refractivity contribution in [2.24, 2.45) is 17.3 Å². The third-order valence-corrected chi connectivity index (χ3v) is 11.2. The molecule has 14 heteroatoms. The number of aromatic nitrogens is 5. The van der Waals surface area contributed by atoms with Crippen molar-refractivity contribution in [3.8, 4) is 11.3 Å². The standard InChI is InChI=1S/C37H52F2N8O4/c1-4-46-31(13-16-40-46)28-10-8-27(9-11-28)30(21-48)41-34(50)32-6-5-17-45(32)35(51)33(25(2)3)47-20-29(42-43-47)12-7-26-14-18-44(19-15-26)23-36(24-49)22-37(36,38)39/h8-11,13,16,20,25-26,30,32-33,48-49H,4-7,12,14-15,17-19,21-24H2,1-3H3,(H,41,50)/t30?,32?,33?,36-/m1/s1. The monoisotopic (exact) mass is 710 g/mol. The van der Waals surface area contributed by atoms with E-state index in [1.165, 1.54) is 0 Å². The summed E-state index contributed by atoms with van der Waals surface area (Å²) in [5.74, 6) is -2.90. The lowest BCUT2D eigenvalue weighted by atomic mass is 9.91. The predicted molar refractivity (Wildman–Crippen MR) is 187 cm³/mol. The van der Waals surface area contributed by atoms with E-state index in [1.807, 2.05) is 62.0 Å². The molecule has 4 atom stereocenters. The van der Waals surface area contributed by atoms with Crippen molar-refractivity contribution in [2.45, 2.75) is 96.3 Å². The van der Waals surface area contributed by atoms with E-state index in [0.29, 0.717) is 31.7 Å². The molecule has 0 spiro atoms. The summed E-state index contributed by atoms with van der Waals surface area (Å²) in [7, 11) is 0. The van der Waals surface area contributed by atoms with Gasteiger partial charge in [0.25, 0.3) is 5.92 Å². The predicted octanol–water partition coefficient (Wildman–Crippen LogP) is 3.86. The molecular weight excluding hydrogens is 658 g/mol. The summed E-state index contributed by atoms with van der Waals surface area (Å²) < 4.78 is 31.2. The lowest BCUT2D eigenvalue weighted by Gasteiger charge is -2.34. The zero-order valence-electron chi connectivity index (χ0n) is 29.9. The Bertz CT molecular complexity index is 1640. The van der Waals surface area contributed by atoms with Crippen LogP contribution in [0.2, 0.25) is 0 Å². The molecule has 51 heavy (non-hydrogen) atoms. The van der Waals surface area contributed by atoms with Crippen LogP contribution in [0.15, 0.2) is 42.7 Å². The van der Waals surface area contributed by atoms with E-state index in [2.05, 4.69) is 25.6 Å². The first-order valence-electron chi connectivity index (χ1n) is 18.4. The molecule has 3 unspecified atom stereocenters. The largest absolute Gasteiger partial charge is 0.396 e. The number of nitrogens with zero attached hydrogens (tertiary/aromatic N) is 7. The Kier molecular flexibility index (Phi) is 11.2. The Morgan fingerprint density at radius 1 is 1.06 bits per heavy atom. The molecular formula is C37H52F2N8O4. The number of aliphatic hydroxyl groups is 2. The summed E-state index contributed by atoms with van der Waals surface area (Å²) in [6.07, 6.45) is 7.99. The van der Waals surface area contributed by atoms with Gasteiger partial charge in [0.15, 0.2) is 0 Å². The average Bonchev–Trinajstić information content (AvgIpc) is 3.73. The van der Waals surface area contributed by atoms with E-state index in [4.69, 9.17) is 0 Å². The average molecular weight is 711 g/mol. The van der Waals surface area contributed by atoms with Gasteiger partial charge in [-0.25, -0.2) is 13.5 Å². The molecule has 3 N–H and O–H groups in total. The maximum absolute atomic E-state index is 14.1. The lowest BCUT2D eigenvalue weighted by molar-refractivity contribution is -0.142. The summed E-state index contributed by atoms with van der Waals surface area (Å²) in [5, 5.41) is 35.9.